The minimum atomic E-state index is -0.567. The zero-order valence-corrected chi connectivity index (χ0v) is 11.6. The van der Waals surface area contributed by atoms with E-state index in [1.165, 1.54) is 12.8 Å². The van der Waals surface area contributed by atoms with Crippen LogP contribution in [-0.2, 0) is 0 Å². The van der Waals surface area contributed by atoms with Gasteiger partial charge < -0.3 is 5.32 Å². The van der Waals surface area contributed by atoms with Gasteiger partial charge in [0.15, 0.2) is 0 Å². The minimum Gasteiger partial charge on any atom is -0.350 e. The van der Waals surface area contributed by atoms with Crippen molar-refractivity contribution < 1.29 is 9.18 Å². The molecule has 19 heavy (non-hydrogen) atoms. The molecule has 1 amide bonds. The van der Waals surface area contributed by atoms with Crippen molar-refractivity contribution in [3.05, 3.63) is 28.8 Å². The Morgan fingerprint density at radius 2 is 2.26 bits per heavy atom. The van der Waals surface area contributed by atoms with Crippen molar-refractivity contribution >= 4 is 17.5 Å². The molecule has 2 rings (SSSR count). The van der Waals surface area contributed by atoms with Crippen molar-refractivity contribution in [1.29, 1.82) is 0 Å². The Hall–Kier alpha value is -1.20. The first-order chi connectivity index (χ1) is 9.08. The zero-order chi connectivity index (χ0) is 13.8. The van der Waals surface area contributed by atoms with Crippen LogP contribution in [0, 0.1) is 5.82 Å². The second kappa shape index (κ2) is 6.30. The third-order valence-corrected chi connectivity index (χ3v) is 3.67. The lowest BCUT2D eigenvalue weighted by Crippen LogP contribution is -2.40. The van der Waals surface area contributed by atoms with Crippen molar-refractivity contribution in [3.8, 4) is 0 Å². The molecule has 0 aliphatic carbocycles. The Labute approximate surface area is 117 Å². The first-order valence-corrected chi connectivity index (χ1v) is 6.79. The van der Waals surface area contributed by atoms with E-state index in [1.54, 1.807) is 0 Å². The van der Waals surface area contributed by atoms with Crippen LogP contribution in [0.15, 0.2) is 12.3 Å². The van der Waals surface area contributed by atoms with Gasteiger partial charge in [-0.3, -0.25) is 9.69 Å². The number of amides is 1. The van der Waals surface area contributed by atoms with Gasteiger partial charge in [-0.05, 0) is 38.9 Å². The summed E-state index contributed by atoms with van der Waals surface area (Å²) in [7, 11) is 0. The molecule has 104 valence electrons. The second-order valence-electron chi connectivity index (χ2n) is 4.79. The molecule has 0 bridgehead atoms. The fourth-order valence-electron chi connectivity index (χ4n) is 2.23. The number of halogens is 2. The predicted molar refractivity (Wildman–Crippen MR) is 71.8 cm³/mol. The summed E-state index contributed by atoms with van der Waals surface area (Å²) < 4.78 is 13.0. The van der Waals surface area contributed by atoms with Crippen LogP contribution in [0.25, 0.3) is 0 Å². The molecule has 1 aliphatic heterocycles. The summed E-state index contributed by atoms with van der Waals surface area (Å²) in [6, 6.07) is 1.37. The van der Waals surface area contributed by atoms with Crippen LogP contribution in [0.5, 0.6) is 0 Å². The number of carbonyl (C=O) groups is 1. The number of hydrogen-bond donors (Lipinski definition) is 1. The van der Waals surface area contributed by atoms with E-state index >= 15 is 0 Å². The van der Waals surface area contributed by atoms with E-state index in [2.05, 4.69) is 22.1 Å². The molecule has 1 fully saturated rings. The van der Waals surface area contributed by atoms with Crippen LogP contribution in [0.2, 0.25) is 5.15 Å². The normalized spacial score (nSPS) is 17.4. The van der Waals surface area contributed by atoms with Gasteiger partial charge in [0.25, 0.3) is 5.91 Å². The highest BCUT2D eigenvalue weighted by Gasteiger charge is 2.19. The highest BCUT2D eigenvalue weighted by molar-refractivity contribution is 6.32. The molecule has 0 radical (unpaired) electrons. The fourth-order valence-corrected chi connectivity index (χ4v) is 2.42. The lowest BCUT2D eigenvalue weighted by Gasteiger charge is -2.23. The number of hydrogen-bond acceptors (Lipinski definition) is 3. The van der Waals surface area contributed by atoms with Gasteiger partial charge in [-0.1, -0.05) is 11.6 Å². The lowest BCUT2D eigenvalue weighted by molar-refractivity contribution is 0.0939. The third-order valence-electron chi connectivity index (χ3n) is 3.37. The van der Waals surface area contributed by atoms with Gasteiger partial charge in [-0.15, -0.1) is 0 Å². The van der Waals surface area contributed by atoms with Crippen LogP contribution in [0.1, 0.15) is 30.1 Å². The number of nitrogens with one attached hydrogen (secondary N) is 1. The molecule has 0 aromatic carbocycles. The fraction of sp³-hybridized carbons (Fsp3) is 0.538. The number of likely N-dealkylation sites (tertiary alicyclic amines) is 1. The molecule has 1 unspecified atom stereocenters. The summed E-state index contributed by atoms with van der Waals surface area (Å²) >= 11 is 5.78. The van der Waals surface area contributed by atoms with E-state index in [4.69, 9.17) is 11.6 Å². The Morgan fingerprint density at radius 1 is 1.58 bits per heavy atom. The van der Waals surface area contributed by atoms with Crippen LogP contribution >= 0.6 is 11.6 Å². The molecule has 1 aromatic rings. The van der Waals surface area contributed by atoms with Crippen LogP contribution in [0.4, 0.5) is 4.39 Å². The van der Waals surface area contributed by atoms with Crippen LogP contribution in [-0.4, -0.2) is 41.5 Å². The van der Waals surface area contributed by atoms with Gasteiger partial charge >= 0.3 is 0 Å². The van der Waals surface area contributed by atoms with Crippen molar-refractivity contribution in [1.82, 2.24) is 15.2 Å². The molecule has 1 N–H and O–H groups in total. The van der Waals surface area contributed by atoms with E-state index in [9.17, 15) is 9.18 Å². The average Bonchev–Trinajstić information content (AvgIpc) is 2.92. The maximum absolute atomic E-state index is 13.0. The average molecular weight is 286 g/mol. The monoisotopic (exact) mass is 285 g/mol. The molecule has 1 aliphatic rings. The van der Waals surface area contributed by atoms with Crippen molar-refractivity contribution in [3.63, 3.8) is 0 Å². The van der Waals surface area contributed by atoms with Crippen LogP contribution < -0.4 is 5.32 Å². The number of nitrogens with zero attached hydrogens (tertiary/aromatic N) is 2. The molecule has 0 saturated carbocycles. The molecule has 1 saturated heterocycles. The molecule has 6 heteroatoms. The van der Waals surface area contributed by atoms with E-state index in [1.807, 2.05) is 0 Å². The quantitative estimate of drug-likeness (QED) is 0.862. The summed E-state index contributed by atoms with van der Waals surface area (Å²) in [5, 5.41) is 2.79. The maximum Gasteiger partial charge on any atom is 0.254 e. The Balaban J connectivity index is 1.91. The van der Waals surface area contributed by atoms with Crippen molar-refractivity contribution in [2.45, 2.75) is 25.8 Å². The third kappa shape index (κ3) is 3.64. The number of aromatic nitrogens is 1. The summed E-state index contributed by atoms with van der Waals surface area (Å²) in [6.45, 7) is 4.72. The van der Waals surface area contributed by atoms with Gasteiger partial charge in [-0.25, -0.2) is 9.37 Å². The molecule has 1 aromatic heterocycles. The predicted octanol–water partition coefficient (Wildman–Crippen LogP) is 2.09. The Kier molecular flexibility index (Phi) is 4.71. The first-order valence-electron chi connectivity index (χ1n) is 6.41. The van der Waals surface area contributed by atoms with Crippen LogP contribution in [0.3, 0.4) is 0 Å². The SMILES string of the molecule is CC(CNC(=O)c1cc(F)cnc1Cl)N1CCCC1. The number of rotatable bonds is 4. The summed E-state index contributed by atoms with van der Waals surface area (Å²) in [5.74, 6) is -0.954. The zero-order valence-electron chi connectivity index (χ0n) is 10.8. The molecule has 1 atom stereocenters. The Bertz CT molecular complexity index is 463. The molecular weight excluding hydrogens is 269 g/mol. The maximum atomic E-state index is 13.0. The van der Waals surface area contributed by atoms with Gasteiger partial charge in [-0.2, -0.15) is 0 Å². The Morgan fingerprint density at radius 3 is 2.95 bits per heavy atom. The lowest BCUT2D eigenvalue weighted by atomic mass is 10.2. The topological polar surface area (TPSA) is 45.2 Å². The van der Waals surface area contributed by atoms with Gasteiger partial charge in [0.2, 0.25) is 0 Å². The highest BCUT2D eigenvalue weighted by Crippen LogP contribution is 2.14. The highest BCUT2D eigenvalue weighted by atomic mass is 35.5. The van der Waals surface area contributed by atoms with Gasteiger partial charge in [0.1, 0.15) is 11.0 Å². The standard InChI is InChI=1S/C13H17ClFN3O/c1-9(18-4-2-3-5-18)7-17-13(19)11-6-10(15)8-16-12(11)14/h6,8-9H,2-5,7H2,1H3,(H,17,19). The number of carbonyl (C=O) groups excluding carboxylic acids is 1. The van der Waals surface area contributed by atoms with E-state index in [0.717, 1.165) is 25.4 Å². The summed E-state index contributed by atoms with van der Waals surface area (Å²) in [5.41, 5.74) is 0.0790. The minimum absolute atomic E-state index is 0.0210. The van der Waals surface area contributed by atoms with E-state index < -0.39 is 5.82 Å². The first kappa shape index (κ1) is 14.2. The number of pyridine rings is 1. The van der Waals surface area contributed by atoms with E-state index in [-0.39, 0.29) is 22.7 Å². The molecule has 2 heterocycles. The second-order valence-corrected chi connectivity index (χ2v) is 5.15. The van der Waals surface area contributed by atoms with Crippen molar-refractivity contribution in [2.75, 3.05) is 19.6 Å². The largest absolute Gasteiger partial charge is 0.350 e. The molecular formula is C13H17ClFN3O. The van der Waals surface area contributed by atoms with Gasteiger partial charge in [0.05, 0.1) is 11.8 Å². The smallest absolute Gasteiger partial charge is 0.254 e. The van der Waals surface area contributed by atoms with Gasteiger partial charge in [0, 0.05) is 12.6 Å². The van der Waals surface area contributed by atoms with Crippen molar-refractivity contribution in [2.24, 2.45) is 0 Å². The summed E-state index contributed by atoms with van der Waals surface area (Å²) in [6.07, 6.45) is 3.40. The molecule has 4 nitrogen and oxygen atoms in total. The summed E-state index contributed by atoms with van der Waals surface area (Å²) in [4.78, 5) is 17.9. The van der Waals surface area contributed by atoms with E-state index in [0.29, 0.717) is 6.54 Å². The molecule has 0 spiro atoms.